The number of sulfonamides is 1. The fourth-order valence-electron chi connectivity index (χ4n) is 4.31. The van der Waals surface area contributed by atoms with E-state index < -0.39 is 20.9 Å². The number of halogens is 1. The Balaban J connectivity index is 1.48. The van der Waals surface area contributed by atoms with Gasteiger partial charge >= 0.3 is 0 Å². The summed E-state index contributed by atoms with van der Waals surface area (Å²) >= 11 is 0. The third-order valence-corrected chi connectivity index (χ3v) is 7.16. The molecule has 25 heavy (non-hydrogen) atoms. The van der Waals surface area contributed by atoms with Crippen molar-refractivity contribution in [2.45, 2.75) is 55.5 Å². The van der Waals surface area contributed by atoms with Gasteiger partial charge < -0.3 is 4.57 Å². The van der Waals surface area contributed by atoms with E-state index in [9.17, 15) is 8.42 Å². The highest BCUT2D eigenvalue weighted by Crippen LogP contribution is 2.44. The number of benzene rings is 1. The molecule has 1 fully saturated rings. The molecule has 0 spiro atoms. The van der Waals surface area contributed by atoms with Crippen LogP contribution in [0.1, 0.15) is 50.1 Å². The van der Waals surface area contributed by atoms with Crippen LogP contribution in [0.3, 0.4) is 0 Å². The van der Waals surface area contributed by atoms with Gasteiger partial charge in [0, 0.05) is 5.56 Å². The SMILES string of the molecule is NS(=O)(=O)[C@H]1CC[C@@](F)(CC[C@H]2c3ccccc3-c3cncn32)CC1. The van der Waals surface area contributed by atoms with Gasteiger partial charge in [0.25, 0.3) is 0 Å². The quantitative estimate of drug-likeness (QED) is 0.906. The number of hydrogen-bond acceptors (Lipinski definition) is 3. The van der Waals surface area contributed by atoms with E-state index in [1.165, 1.54) is 5.56 Å². The lowest BCUT2D eigenvalue weighted by molar-refractivity contribution is 0.0914. The molecule has 2 heterocycles. The van der Waals surface area contributed by atoms with Gasteiger partial charge in [0.05, 0.1) is 29.5 Å². The molecule has 1 saturated carbocycles. The van der Waals surface area contributed by atoms with Crippen molar-refractivity contribution in [1.82, 2.24) is 9.55 Å². The van der Waals surface area contributed by atoms with Crippen molar-refractivity contribution in [1.29, 1.82) is 0 Å². The van der Waals surface area contributed by atoms with E-state index in [0.29, 0.717) is 25.7 Å². The van der Waals surface area contributed by atoms with Crippen LogP contribution in [-0.2, 0) is 10.0 Å². The number of nitrogens with zero attached hydrogens (tertiary/aromatic N) is 2. The Labute approximate surface area is 147 Å². The number of hydrogen-bond donors (Lipinski definition) is 1. The minimum absolute atomic E-state index is 0.0947. The van der Waals surface area contributed by atoms with Crippen molar-refractivity contribution in [3.05, 3.63) is 42.4 Å². The fraction of sp³-hybridized carbons (Fsp3) is 0.500. The molecule has 1 aliphatic heterocycles. The van der Waals surface area contributed by atoms with E-state index in [0.717, 1.165) is 11.3 Å². The summed E-state index contributed by atoms with van der Waals surface area (Å²) in [5, 5.41) is 4.61. The lowest BCUT2D eigenvalue weighted by Gasteiger charge is -2.33. The van der Waals surface area contributed by atoms with Crippen LogP contribution >= 0.6 is 0 Å². The lowest BCUT2D eigenvalue weighted by Crippen LogP contribution is -2.38. The highest BCUT2D eigenvalue weighted by molar-refractivity contribution is 7.89. The Kier molecular flexibility index (Phi) is 3.96. The molecule has 4 rings (SSSR count). The van der Waals surface area contributed by atoms with Gasteiger partial charge in [-0.1, -0.05) is 24.3 Å². The number of alkyl halides is 1. The number of fused-ring (bicyclic) bond motifs is 3. The zero-order valence-corrected chi connectivity index (χ0v) is 14.8. The molecule has 2 N–H and O–H groups in total. The van der Waals surface area contributed by atoms with E-state index in [2.05, 4.69) is 21.7 Å². The number of aromatic nitrogens is 2. The molecule has 1 aromatic heterocycles. The maximum atomic E-state index is 15.2. The second-order valence-electron chi connectivity index (χ2n) is 7.27. The third-order valence-electron chi connectivity index (χ3n) is 5.76. The highest BCUT2D eigenvalue weighted by Gasteiger charge is 2.40. The third kappa shape index (κ3) is 3.00. The molecular formula is C18H22FN3O2S. The second kappa shape index (κ2) is 5.92. The van der Waals surface area contributed by atoms with Crippen molar-refractivity contribution in [2.24, 2.45) is 5.14 Å². The normalized spacial score (nSPS) is 28.6. The largest absolute Gasteiger partial charge is 0.323 e. The van der Waals surface area contributed by atoms with Crippen molar-refractivity contribution in [2.75, 3.05) is 0 Å². The van der Waals surface area contributed by atoms with E-state index in [-0.39, 0.29) is 18.9 Å². The van der Waals surface area contributed by atoms with Crippen LogP contribution in [0.15, 0.2) is 36.8 Å². The number of rotatable bonds is 4. The van der Waals surface area contributed by atoms with Crippen molar-refractivity contribution >= 4 is 10.0 Å². The molecule has 5 nitrogen and oxygen atoms in total. The summed E-state index contributed by atoms with van der Waals surface area (Å²) in [7, 11) is -3.56. The van der Waals surface area contributed by atoms with Crippen LogP contribution in [-0.4, -0.2) is 28.9 Å². The molecule has 1 atom stereocenters. The minimum Gasteiger partial charge on any atom is -0.323 e. The molecule has 0 amide bonds. The molecule has 7 heteroatoms. The predicted molar refractivity (Wildman–Crippen MR) is 94.2 cm³/mol. The maximum absolute atomic E-state index is 15.2. The molecule has 0 radical (unpaired) electrons. The van der Waals surface area contributed by atoms with Gasteiger partial charge in [-0.2, -0.15) is 0 Å². The summed E-state index contributed by atoms with van der Waals surface area (Å²) in [5.74, 6) is 0. The smallest absolute Gasteiger partial charge is 0.211 e. The van der Waals surface area contributed by atoms with Gasteiger partial charge in [0.15, 0.2) is 0 Å². The van der Waals surface area contributed by atoms with E-state index in [1.807, 2.05) is 24.7 Å². The highest BCUT2D eigenvalue weighted by atomic mass is 32.2. The Morgan fingerprint density at radius 2 is 2.00 bits per heavy atom. The standard InChI is InChI=1S/C18H22FN3O2S/c19-18(8-5-13(6-9-18)25(20,23)24)10-7-16-14-3-1-2-4-15(14)17-11-21-12-22(16)17/h1-4,11-13,16H,5-10H2,(H2,20,23,24)/t13-,16-,18-/m0/s1. The summed E-state index contributed by atoms with van der Waals surface area (Å²) in [5.41, 5.74) is 2.14. The zero-order valence-electron chi connectivity index (χ0n) is 13.9. The number of primary sulfonamides is 1. The van der Waals surface area contributed by atoms with E-state index in [1.54, 1.807) is 0 Å². The average Bonchev–Trinajstić information content (AvgIpc) is 3.14. The van der Waals surface area contributed by atoms with Gasteiger partial charge in [0.2, 0.25) is 10.0 Å². The molecule has 0 bridgehead atoms. The maximum Gasteiger partial charge on any atom is 0.211 e. The molecule has 1 aromatic carbocycles. The van der Waals surface area contributed by atoms with Crippen LogP contribution < -0.4 is 5.14 Å². The minimum atomic E-state index is -3.56. The Morgan fingerprint density at radius 3 is 2.72 bits per heavy atom. The first kappa shape index (κ1) is 16.7. The van der Waals surface area contributed by atoms with Crippen LogP contribution in [0.5, 0.6) is 0 Å². The number of imidazole rings is 1. The first-order valence-electron chi connectivity index (χ1n) is 8.69. The van der Waals surface area contributed by atoms with E-state index >= 15 is 4.39 Å². The van der Waals surface area contributed by atoms with Gasteiger partial charge in [-0.15, -0.1) is 0 Å². The summed E-state index contributed by atoms with van der Waals surface area (Å²) < 4.78 is 40.2. The van der Waals surface area contributed by atoms with Crippen molar-refractivity contribution in [3.63, 3.8) is 0 Å². The van der Waals surface area contributed by atoms with Crippen LogP contribution in [0, 0.1) is 0 Å². The Morgan fingerprint density at radius 1 is 1.28 bits per heavy atom. The molecule has 2 aliphatic rings. The van der Waals surface area contributed by atoms with Gasteiger partial charge in [-0.25, -0.2) is 22.9 Å². The van der Waals surface area contributed by atoms with Gasteiger partial charge in [-0.05, 0) is 44.1 Å². The fourth-order valence-corrected chi connectivity index (χ4v) is 5.20. The molecule has 1 aliphatic carbocycles. The summed E-state index contributed by atoms with van der Waals surface area (Å²) in [6.07, 6.45) is 5.90. The molecular weight excluding hydrogens is 341 g/mol. The van der Waals surface area contributed by atoms with Crippen molar-refractivity contribution < 1.29 is 12.8 Å². The van der Waals surface area contributed by atoms with Crippen LogP contribution in [0.25, 0.3) is 11.3 Å². The number of nitrogens with two attached hydrogens (primary N) is 1. The summed E-state index contributed by atoms with van der Waals surface area (Å²) in [6.45, 7) is 0. The predicted octanol–water partition coefficient (Wildman–Crippen LogP) is 3.17. The zero-order chi connectivity index (χ0) is 17.7. The Bertz CT molecular complexity index is 885. The van der Waals surface area contributed by atoms with E-state index in [4.69, 9.17) is 5.14 Å². The first-order valence-corrected chi connectivity index (χ1v) is 10.3. The lowest BCUT2D eigenvalue weighted by atomic mass is 9.81. The van der Waals surface area contributed by atoms with Crippen LogP contribution in [0.2, 0.25) is 0 Å². The summed E-state index contributed by atoms with van der Waals surface area (Å²) in [4.78, 5) is 4.23. The summed E-state index contributed by atoms with van der Waals surface area (Å²) in [6, 6.07) is 8.27. The molecule has 2 aromatic rings. The Hall–Kier alpha value is -1.73. The van der Waals surface area contributed by atoms with Crippen LogP contribution in [0.4, 0.5) is 4.39 Å². The second-order valence-corrected chi connectivity index (χ2v) is 9.11. The van der Waals surface area contributed by atoms with Crippen molar-refractivity contribution in [3.8, 4) is 11.3 Å². The molecule has 0 unspecified atom stereocenters. The van der Waals surface area contributed by atoms with Gasteiger partial charge in [0.1, 0.15) is 5.67 Å². The van der Waals surface area contributed by atoms with Gasteiger partial charge in [-0.3, -0.25) is 0 Å². The molecule has 0 saturated heterocycles. The molecule has 134 valence electrons. The average molecular weight is 363 g/mol. The monoisotopic (exact) mass is 363 g/mol. The topological polar surface area (TPSA) is 78.0 Å². The first-order chi connectivity index (χ1) is 11.9.